The van der Waals surface area contributed by atoms with Crippen molar-refractivity contribution in [2.75, 3.05) is 6.54 Å². The highest BCUT2D eigenvalue weighted by atomic mass is 16.5. The smallest absolute Gasteiger partial charge is 0.252 e. The maximum atomic E-state index is 11.2. The quantitative estimate of drug-likeness (QED) is 0.761. The van der Waals surface area contributed by atoms with E-state index in [1.807, 2.05) is 13.0 Å². The zero-order valence-corrected chi connectivity index (χ0v) is 9.48. The predicted molar refractivity (Wildman–Crippen MR) is 63.3 cm³/mol. The van der Waals surface area contributed by atoms with Gasteiger partial charge in [-0.3, -0.25) is 4.79 Å². The fourth-order valence-corrected chi connectivity index (χ4v) is 1.48. The van der Waals surface area contributed by atoms with Gasteiger partial charge in [0.05, 0.1) is 11.7 Å². The van der Waals surface area contributed by atoms with E-state index in [0.717, 1.165) is 12.8 Å². The fourth-order valence-electron chi connectivity index (χ4n) is 1.48. The molecule has 0 aliphatic carbocycles. The van der Waals surface area contributed by atoms with Gasteiger partial charge in [-0.25, -0.2) is 0 Å². The van der Waals surface area contributed by atoms with Gasteiger partial charge >= 0.3 is 0 Å². The fraction of sp³-hybridized carbons (Fsp3) is 0.417. The Morgan fingerprint density at radius 2 is 2.12 bits per heavy atom. The van der Waals surface area contributed by atoms with E-state index in [0.29, 0.717) is 17.9 Å². The van der Waals surface area contributed by atoms with Gasteiger partial charge in [-0.15, -0.1) is 0 Å². The van der Waals surface area contributed by atoms with E-state index in [1.165, 1.54) is 0 Å². The summed E-state index contributed by atoms with van der Waals surface area (Å²) in [4.78, 5) is 11.2. The Morgan fingerprint density at radius 1 is 1.44 bits per heavy atom. The molecule has 1 unspecified atom stereocenters. The van der Waals surface area contributed by atoms with Crippen LogP contribution < -0.4 is 16.2 Å². The molecule has 0 spiro atoms. The molecule has 1 rings (SSSR count). The minimum absolute atomic E-state index is 0.0329. The minimum Gasteiger partial charge on any atom is -0.490 e. The normalized spacial score (nSPS) is 12.1. The first-order valence-corrected chi connectivity index (χ1v) is 5.44. The SMILES string of the molecule is CCC(CCN)Oc1ccccc1C(N)=O. The van der Waals surface area contributed by atoms with E-state index in [1.54, 1.807) is 18.2 Å². The van der Waals surface area contributed by atoms with Crippen molar-refractivity contribution >= 4 is 5.91 Å². The third kappa shape index (κ3) is 3.24. The van der Waals surface area contributed by atoms with Crippen LogP contribution in [0, 0.1) is 0 Å². The Balaban J connectivity index is 2.82. The van der Waals surface area contributed by atoms with Crippen molar-refractivity contribution in [3.05, 3.63) is 29.8 Å². The summed E-state index contributed by atoms with van der Waals surface area (Å²) >= 11 is 0. The van der Waals surface area contributed by atoms with Crippen LogP contribution in [0.5, 0.6) is 5.75 Å². The molecule has 4 heteroatoms. The average molecular weight is 222 g/mol. The second-order valence-corrected chi connectivity index (χ2v) is 3.59. The Hall–Kier alpha value is -1.55. The van der Waals surface area contributed by atoms with Crippen molar-refractivity contribution in [1.82, 2.24) is 0 Å². The number of hydrogen-bond acceptors (Lipinski definition) is 3. The molecule has 4 nitrogen and oxygen atoms in total. The molecule has 1 aromatic rings. The lowest BCUT2D eigenvalue weighted by molar-refractivity contribution is 0.0992. The van der Waals surface area contributed by atoms with Gasteiger partial charge in [-0.1, -0.05) is 19.1 Å². The molecule has 0 aliphatic rings. The number of amides is 1. The summed E-state index contributed by atoms with van der Waals surface area (Å²) < 4.78 is 5.72. The number of rotatable bonds is 6. The second kappa shape index (κ2) is 6.12. The van der Waals surface area contributed by atoms with Gasteiger partial charge in [-0.2, -0.15) is 0 Å². The van der Waals surface area contributed by atoms with Crippen molar-refractivity contribution < 1.29 is 9.53 Å². The van der Waals surface area contributed by atoms with E-state index < -0.39 is 5.91 Å². The van der Waals surface area contributed by atoms with Crippen LogP contribution in [-0.2, 0) is 0 Å². The van der Waals surface area contributed by atoms with E-state index in [9.17, 15) is 4.79 Å². The second-order valence-electron chi connectivity index (χ2n) is 3.59. The molecule has 1 atom stereocenters. The van der Waals surface area contributed by atoms with Gasteiger partial charge in [0, 0.05) is 0 Å². The monoisotopic (exact) mass is 222 g/mol. The zero-order chi connectivity index (χ0) is 12.0. The van der Waals surface area contributed by atoms with E-state index in [4.69, 9.17) is 16.2 Å². The molecule has 0 heterocycles. The Labute approximate surface area is 95.6 Å². The van der Waals surface area contributed by atoms with Crippen LogP contribution in [-0.4, -0.2) is 18.6 Å². The topological polar surface area (TPSA) is 78.3 Å². The van der Waals surface area contributed by atoms with Gasteiger partial charge in [-0.05, 0) is 31.5 Å². The van der Waals surface area contributed by atoms with E-state index >= 15 is 0 Å². The number of hydrogen-bond donors (Lipinski definition) is 2. The molecule has 0 radical (unpaired) electrons. The summed E-state index contributed by atoms with van der Waals surface area (Å²) in [6.07, 6.45) is 1.65. The molecule has 16 heavy (non-hydrogen) atoms. The molecule has 0 aliphatic heterocycles. The van der Waals surface area contributed by atoms with E-state index in [-0.39, 0.29) is 6.10 Å². The Bertz CT molecular complexity index is 353. The third-order valence-electron chi connectivity index (χ3n) is 2.39. The van der Waals surface area contributed by atoms with Crippen molar-refractivity contribution in [2.45, 2.75) is 25.9 Å². The molecule has 0 bridgehead atoms. The average Bonchev–Trinajstić information content (AvgIpc) is 2.29. The lowest BCUT2D eigenvalue weighted by atomic mass is 10.1. The molecule has 1 aromatic carbocycles. The summed E-state index contributed by atoms with van der Waals surface area (Å²) in [5, 5.41) is 0. The molecule has 0 saturated heterocycles. The number of benzene rings is 1. The lowest BCUT2D eigenvalue weighted by Crippen LogP contribution is -2.22. The number of carbonyl (C=O) groups excluding carboxylic acids is 1. The first kappa shape index (κ1) is 12.5. The molecule has 88 valence electrons. The zero-order valence-electron chi connectivity index (χ0n) is 9.48. The third-order valence-corrected chi connectivity index (χ3v) is 2.39. The van der Waals surface area contributed by atoms with Crippen LogP contribution in [0.1, 0.15) is 30.1 Å². The molecule has 0 aromatic heterocycles. The van der Waals surface area contributed by atoms with Crippen LogP contribution in [0.25, 0.3) is 0 Å². The van der Waals surface area contributed by atoms with Gasteiger partial charge in [0.2, 0.25) is 0 Å². The summed E-state index contributed by atoms with van der Waals surface area (Å²) in [5.41, 5.74) is 11.2. The standard InChI is InChI=1S/C12H18N2O2/c1-2-9(7-8-13)16-11-6-4-3-5-10(11)12(14)15/h3-6,9H,2,7-8,13H2,1H3,(H2,14,15). The maximum absolute atomic E-state index is 11.2. The van der Waals surface area contributed by atoms with Crippen molar-refractivity contribution in [3.8, 4) is 5.75 Å². The number of nitrogens with two attached hydrogens (primary N) is 2. The molecular formula is C12H18N2O2. The number of carbonyl (C=O) groups is 1. The first-order chi connectivity index (χ1) is 7.69. The summed E-state index contributed by atoms with van der Waals surface area (Å²) in [6, 6.07) is 6.99. The maximum Gasteiger partial charge on any atom is 0.252 e. The van der Waals surface area contributed by atoms with Crippen molar-refractivity contribution in [1.29, 1.82) is 0 Å². The molecule has 1 amide bonds. The van der Waals surface area contributed by atoms with E-state index in [2.05, 4.69) is 0 Å². The van der Waals surface area contributed by atoms with Crippen LogP contribution >= 0.6 is 0 Å². The summed E-state index contributed by atoms with van der Waals surface area (Å²) in [7, 11) is 0. The molecule has 0 saturated carbocycles. The largest absolute Gasteiger partial charge is 0.490 e. The highest BCUT2D eigenvalue weighted by Crippen LogP contribution is 2.20. The van der Waals surface area contributed by atoms with Crippen LogP contribution in [0.2, 0.25) is 0 Å². The van der Waals surface area contributed by atoms with Gasteiger partial charge < -0.3 is 16.2 Å². The number of para-hydroxylation sites is 1. The molecular weight excluding hydrogens is 204 g/mol. The first-order valence-electron chi connectivity index (χ1n) is 5.44. The number of primary amides is 1. The Kier molecular flexibility index (Phi) is 4.79. The lowest BCUT2D eigenvalue weighted by Gasteiger charge is -2.18. The number of ether oxygens (including phenoxy) is 1. The van der Waals surface area contributed by atoms with Crippen molar-refractivity contribution in [2.24, 2.45) is 11.5 Å². The summed E-state index contributed by atoms with van der Waals surface area (Å²) in [5.74, 6) is 0.0634. The highest BCUT2D eigenvalue weighted by Gasteiger charge is 2.12. The van der Waals surface area contributed by atoms with Crippen LogP contribution in [0.4, 0.5) is 0 Å². The van der Waals surface area contributed by atoms with Gasteiger partial charge in [0.15, 0.2) is 0 Å². The highest BCUT2D eigenvalue weighted by molar-refractivity contribution is 5.95. The van der Waals surface area contributed by atoms with Crippen molar-refractivity contribution in [3.63, 3.8) is 0 Å². The van der Waals surface area contributed by atoms with Gasteiger partial charge in [0.1, 0.15) is 5.75 Å². The molecule has 4 N–H and O–H groups in total. The van der Waals surface area contributed by atoms with Gasteiger partial charge in [0.25, 0.3) is 5.91 Å². The minimum atomic E-state index is -0.474. The van der Waals surface area contributed by atoms with Crippen LogP contribution in [0.3, 0.4) is 0 Å². The Morgan fingerprint density at radius 3 is 2.69 bits per heavy atom. The predicted octanol–water partition coefficient (Wildman–Crippen LogP) is 1.29. The molecule has 0 fully saturated rings. The summed E-state index contributed by atoms with van der Waals surface area (Å²) in [6.45, 7) is 2.59. The van der Waals surface area contributed by atoms with Crippen LogP contribution in [0.15, 0.2) is 24.3 Å².